The number of aromatic nitrogens is 3. The lowest BCUT2D eigenvalue weighted by Gasteiger charge is -2.39. The molecule has 2 aromatic heterocycles. The molecule has 4 atom stereocenters. The van der Waals surface area contributed by atoms with Gasteiger partial charge in [-0.2, -0.15) is 4.98 Å². The van der Waals surface area contributed by atoms with Crippen molar-refractivity contribution in [2.45, 2.75) is 70.9 Å². The van der Waals surface area contributed by atoms with E-state index in [4.69, 9.17) is 19.1 Å². The van der Waals surface area contributed by atoms with Crippen LogP contribution in [0.25, 0.3) is 0 Å². The first-order chi connectivity index (χ1) is 22.3. The van der Waals surface area contributed by atoms with Crippen molar-refractivity contribution >= 4 is 23.6 Å². The van der Waals surface area contributed by atoms with E-state index in [9.17, 15) is 14.7 Å². The van der Waals surface area contributed by atoms with Gasteiger partial charge in [-0.25, -0.2) is 9.97 Å². The Hall–Kier alpha value is -4.23. The van der Waals surface area contributed by atoms with Crippen LogP contribution in [0.5, 0.6) is 5.75 Å². The summed E-state index contributed by atoms with van der Waals surface area (Å²) in [5.74, 6) is 3.54. The Kier molecular flexibility index (Phi) is 8.52. The summed E-state index contributed by atoms with van der Waals surface area (Å²) in [5, 5.41) is 20.8. The molecule has 3 aliphatic heterocycles. The second kappa shape index (κ2) is 12.9. The van der Waals surface area contributed by atoms with E-state index in [0.29, 0.717) is 62.0 Å². The minimum Gasteiger partial charge on any atom is -0.486 e. The molecule has 5 heterocycles. The summed E-state index contributed by atoms with van der Waals surface area (Å²) in [7, 11) is 0. The molecule has 4 aliphatic rings. The lowest BCUT2D eigenvalue weighted by Crippen LogP contribution is -2.56. The van der Waals surface area contributed by atoms with Gasteiger partial charge in [0.1, 0.15) is 23.9 Å². The molecule has 0 spiro atoms. The summed E-state index contributed by atoms with van der Waals surface area (Å²) in [5.41, 5.74) is 3.31. The second-order valence-electron chi connectivity index (χ2n) is 13.2. The van der Waals surface area contributed by atoms with Crippen LogP contribution >= 0.6 is 0 Å². The van der Waals surface area contributed by atoms with Gasteiger partial charge in [-0.3, -0.25) is 9.59 Å². The van der Waals surface area contributed by atoms with Gasteiger partial charge in [0.05, 0.1) is 17.8 Å². The number of aryl methyl sites for hydroxylation is 1. The molecule has 3 unspecified atom stereocenters. The minimum atomic E-state index is -0.799. The van der Waals surface area contributed by atoms with Gasteiger partial charge < -0.3 is 40.0 Å². The number of hydrogen-bond acceptors (Lipinski definition) is 11. The number of carbonyl (C=O) groups excluding carboxylic acids is 2. The number of rotatable bonds is 10. The summed E-state index contributed by atoms with van der Waals surface area (Å²) in [4.78, 5) is 42.6. The second-order valence-corrected chi connectivity index (χ2v) is 13.2. The summed E-state index contributed by atoms with van der Waals surface area (Å²) in [6.07, 6.45) is 4.94. The number of amides is 2. The molecule has 2 amide bonds. The van der Waals surface area contributed by atoms with Crippen LogP contribution in [-0.4, -0.2) is 87.7 Å². The topological polar surface area (TPSA) is 158 Å². The molecule has 2 bridgehead atoms. The predicted octanol–water partition coefficient (Wildman–Crippen LogP) is 2.04. The van der Waals surface area contributed by atoms with E-state index in [0.717, 1.165) is 35.7 Å². The maximum Gasteiger partial charge on any atom is 0.270 e. The molecular weight excluding hydrogens is 588 g/mol. The van der Waals surface area contributed by atoms with E-state index in [1.165, 1.54) is 25.7 Å². The first kappa shape index (κ1) is 30.4. The number of oxazole rings is 1. The highest BCUT2D eigenvalue weighted by Crippen LogP contribution is 2.37. The van der Waals surface area contributed by atoms with Crippen molar-refractivity contribution in [3.63, 3.8) is 0 Å². The van der Waals surface area contributed by atoms with Crippen LogP contribution in [0.3, 0.4) is 0 Å². The van der Waals surface area contributed by atoms with E-state index >= 15 is 0 Å². The molecule has 244 valence electrons. The van der Waals surface area contributed by atoms with Crippen molar-refractivity contribution in [3.05, 3.63) is 58.9 Å². The summed E-state index contributed by atoms with van der Waals surface area (Å²) in [6.45, 7) is 7.40. The number of carbonyl (C=O) groups is 2. The van der Waals surface area contributed by atoms with Crippen molar-refractivity contribution in [3.8, 4) is 5.75 Å². The Labute approximate surface area is 268 Å². The highest BCUT2D eigenvalue weighted by atomic mass is 16.5. The zero-order valence-corrected chi connectivity index (χ0v) is 26.4. The van der Waals surface area contributed by atoms with E-state index in [1.54, 1.807) is 17.9 Å². The van der Waals surface area contributed by atoms with Crippen LogP contribution in [0, 0.1) is 18.8 Å². The SMILES string of the molecule is CC(=O)N1CC(Nc2cc(C(=O)NCC(O)[C@@H]3Cc4ccc(OCc5ocnc5C)cc4CN3)nc(N3CC4CCC(C4)C3)n2)C1. The standard InChI is InChI=1S/C33H42N8O5/c1-19-30(46-18-36-19)17-45-26-6-5-23-9-27(34-11-24(23)8-26)29(43)12-35-32(44)28-10-31(37-25-15-40(16-25)20(2)42)39-33(38-28)41-13-21-3-4-22(7-21)14-41/h5-6,8,10,18,21-22,25,27,29,34,43H,3-4,7,9,11-17H2,1-2H3,(H,35,44)(H,37,38,39)/t21?,22?,27-,29?/m0/s1. The van der Waals surface area contributed by atoms with Crippen molar-refractivity contribution in [2.24, 2.45) is 11.8 Å². The van der Waals surface area contributed by atoms with Crippen LogP contribution in [-0.2, 0) is 24.4 Å². The maximum atomic E-state index is 13.4. The molecule has 1 aliphatic carbocycles. The molecule has 1 saturated carbocycles. The zero-order chi connectivity index (χ0) is 31.8. The molecule has 13 heteroatoms. The van der Waals surface area contributed by atoms with Crippen molar-refractivity contribution in [2.75, 3.05) is 42.9 Å². The van der Waals surface area contributed by atoms with Gasteiger partial charge in [-0.1, -0.05) is 6.07 Å². The number of ether oxygens (including phenoxy) is 1. The van der Waals surface area contributed by atoms with Crippen LogP contribution in [0.4, 0.5) is 11.8 Å². The fourth-order valence-corrected chi connectivity index (χ4v) is 7.10. The molecule has 2 saturated heterocycles. The highest BCUT2D eigenvalue weighted by molar-refractivity contribution is 5.93. The molecule has 0 radical (unpaired) electrons. The van der Waals surface area contributed by atoms with Crippen molar-refractivity contribution < 1.29 is 23.8 Å². The van der Waals surface area contributed by atoms with Crippen LogP contribution in [0.15, 0.2) is 35.1 Å². The minimum absolute atomic E-state index is 0.0488. The maximum absolute atomic E-state index is 13.4. The smallest absolute Gasteiger partial charge is 0.270 e. The molecule has 13 nitrogen and oxygen atoms in total. The van der Waals surface area contributed by atoms with Crippen LogP contribution in [0.1, 0.15) is 59.3 Å². The van der Waals surface area contributed by atoms with Crippen molar-refractivity contribution in [1.82, 2.24) is 30.5 Å². The quantitative estimate of drug-likeness (QED) is 0.260. The number of likely N-dealkylation sites (tertiary alicyclic amines) is 1. The Morgan fingerprint density at radius 2 is 1.93 bits per heavy atom. The van der Waals surface area contributed by atoms with Gasteiger partial charge in [-0.05, 0) is 67.7 Å². The normalized spacial score (nSPS) is 23.0. The fraction of sp³-hybridized carbons (Fsp3) is 0.545. The third-order valence-electron chi connectivity index (χ3n) is 9.84. The highest BCUT2D eigenvalue weighted by Gasteiger charge is 2.35. The van der Waals surface area contributed by atoms with Crippen molar-refractivity contribution in [1.29, 1.82) is 0 Å². The summed E-state index contributed by atoms with van der Waals surface area (Å²) >= 11 is 0. The molecule has 3 aromatic rings. The van der Waals surface area contributed by atoms with Crippen LogP contribution < -0.4 is 25.6 Å². The molecule has 7 rings (SSSR count). The summed E-state index contributed by atoms with van der Waals surface area (Å²) < 4.78 is 11.3. The predicted molar refractivity (Wildman–Crippen MR) is 169 cm³/mol. The Bertz CT molecular complexity index is 1580. The Morgan fingerprint density at radius 3 is 2.67 bits per heavy atom. The number of benzene rings is 1. The van der Waals surface area contributed by atoms with Gasteiger partial charge in [0.15, 0.2) is 12.2 Å². The number of nitrogens with zero attached hydrogens (tertiary/aromatic N) is 5. The number of anilines is 2. The number of aliphatic hydroxyl groups excluding tert-OH is 1. The number of hydrogen-bond donors (Lipinski definition) is 4. The molecule has 4 N–H and O–H groups in total. The van der Waals surface area contributed by atoms with Gasteiger partial charge >= 0.3 is 0 Å². The third-order valence-corrected chi connectivity index (χ3v) is 9.84. The van der Waals surface area contributed by atoms with Gasteiger partial charge in [-0.15, -0.1) is 0 Å². The molecule has 3 fully saturated rings. The van der Waals surface area contributed by atoms with E-state index < -0.39 is 6.10 Å². The van der Waals surface area contributed by atoms with Gasteiger partial charge in [0, 0.05) is 58.3 Å². The first-order valence-corrected chi connectivity index (χ1v) is 16.3. The number of fused-ring (bicyclic) bond motifs is 3. The molecule has 1 aromatic carbocycles. The van der Waals surface area contributed by atoms with E-state index in [-0.39, 0.29) is 36.1 Å². The zero-order valence-electron chi connectivity index (χ0n) is 26.4. The third kappa shape index (κ3) is 6.66. The van der Waals surface area contributed by atoms with E-state index in [1.807, 2.05) is 25.1 Å². The molecule has 46 heavy (non-hydrogen) atoms. The lowest BCUT2D eigenvalue weighted by molar-refractivity contribution is -0.132. The number of nitrogens with one attached hydrogen (secondary N) is 3. The first-order valence-electron chi connectivity index (χ1n) is 16.3. The number of piperidine rings is 1. The Morgan fingerprint density at radius 1 is 1.13 bits per heavy atom. The van der Waals surface area contributed by atoms with Gasteiger partial charge in [0.2, 0.25) is 11.9 Å². The van der Waals surface area contributed by atoms with Crippen LogP contribution in [0.2, 0.25) is 0 Å². The Balaban J connectivity index is 0.972. The monoisotopic (exact) mass is 630 g/mol. The lowest BCUT2D eigenvalue weighted by atomic mass is 9.92. The molecular formula is C33H42N8O5. The van der Waals surface area contributed by atoms with Gasteiger partial charge in [0.25, 0.3) is 5.91 Å². The largest absolute Gasteiger partial charge is 0.486 e. The number of aliphatic hydroxyl groups is 1. The van der Waals surface area contributed by atoms with E-state index in [2.05, 4.69) is 25.8 Å². The summed E-state index contributed by atoms with van der Waals surface area (Å²) in [6, 6.07) is 7.47. The average molecular weight is 631 g/mol. The average Bonchev–Trinajstić information content (AvgIpc) is 3.61. The fourth-order valence-electron chi connectivity index (χ4n) is 7.10.